The van der Waals surface area contributed by atoms with E-state index in [2.05, 4.69) is 39.6 Å². The van der Waals surface area contributed by atoms with Gasteiger partial charge >= 0.3 is 5.97 Å². The highest BCUT2D eigenvalue weighted by Gasteiger charge is 2.29. The van der Waals surface area contributed by atoms with E-state index >= 15 is 0 Å². The van der Waals surface area contributed by atoms with Gasteiger partial charge in [0, 0.05) is 10.4 Å². The van der Waals surface area contributed by atoms with Crippen LogP contribution in [0.15, 0.2) is 30.6 Å². The first-order valence-corrected chi connectivity index (χ1v) is 8.44. The predicted octanol–water partition coefficient (Wildman–Crippen LogP) is 4.25. The molecule has 0 unspecified atom stereocenters. The van der Waals surface area contributed by atoms with Gasteiger partial charge in [0.1, 0.15) is 22.5 Å². The topological polar surface area (TPSA) is 75.1 Å². The number of fused-ring (bicyclic) bond motifs is 1. The zero-order chi connectivity index (χ0) is 17.5. The maximum absolute atomic E-state index is 11.5. The Morgan fingerprint density at radius 1 is 1.17 bits per heavy atom. The van der Waals surface area contributed by atoms with Gasteiger partial charge in [-0.2, -0.15) is 0 Å². The minimum atomic E-state index is -1.12. The molecule has 3 aromatic rings. The number of hydrogen-bond donors (Lipinski definition) is 2. The van der Waals surface area contributed by atoms with Crippen molar-refractivity contribution in [2.75, 3.05) is 5.32 Å². The van der Waals surface area contributed by atoms with Crippen molar-refractivity contribution in [3.8, 4) is 11.1 Å². The molecule has 0 saturated carbocycles. The quantitative estimate of drug-likeness (QED) is 0.742. The molecule has 0 atom stereocenters. The van der Waals surface area contributed by atoms with E-state index in [9.17, 15) is 9.90 Å². The number of nitrogens with one attached hydrogen (secondary N) is 1. The Morgan fingerprint density at radius 2 is 1.83 bits per heavy atom. The van der Waals surface area contributed by atoms with Crippen molar-refractivity contribution in [2.24, 2.45) is 0 Å². The summed E-state index contributed by atoms with van der Waals surface area (Å²) in [5, 5.41) is 13.3. The minimum Gasteiger partial charge on any atom is -0.480 e. The molecule has 1 aromatic carbocycles. The fraction of sp³-hybridized carbons (Fsp3) is 0.278. The number of aliphatic carboxylic acids is 1. The maximum Gasteiger partial charge on any atom is 0.328 e. The summed E-state index contributed by atoms with van der Waals surface area (Å²) in [6.45, 7) is 7.34. The van der Waals surface area contributed by atoms with E-state index in [0.29, 0.717) is 5.82 Å². The summed E-state index contributed by atoms with van der Waals surface area (Å²) in [4.78, 5) is 22.1. The lowest BCUT2D eigenvalue weighted by molar-refractivity contribution is -0.141. The van der Waals surface area contributed by atoms with Gasteiger partial charge < -0.3 is 10.4 Å². The van der Waals surface area contributed by atoms with Gasteiger partial charge in [-0.05, 0) is 33.3 Å². The van der Waals surface area contributed by atoms with Crippen LogP contribution in [0.2, 0.25) is 0 Å². The molecule has 3 rings (SSSR count). The van der Waals surface area contributed by atoms with Crippen LogP contribution in [0.5, 0.6) is 0 Å². The van der Waals surface area contributed by atoms with E-state index in [4.69, 9.17) is 0 Å². The third-order valence-electron chi connectivity index (χ3n) is 3.97. The average Bonchev–Trinajstić information content (AvgIpc) is 2.85. The van der Waals surface area contributed by atoms with Crippen LogP contribution in [0.4, 0.5) is 5.82 Å². The molecule has 5 nitrogen and oxygen atoms in total. The Morgan fingerprint density at radius 3 is 2.46 bits per heavy atom. The number of benzene rings is 1. The van der Waals surface area contributed by atoms with Crippen LogP contribution in [0, 0.1) is 13.8 Å². The van der Waals surface area contributed by atoms with E-state index in [0.717, 1.165) is 26.2 Å². The summed E-state index contributed by atoms with van der Waals surface area (Å²) in [6, 6.07) is 8.28. The molecule has 2 N–H and O–H groups in total. The number of carboxylic acid groups (broad SMARTS) is 1. The van der Waals surface area contributed by atoms with E-state index in [1.807, 2.05) is 13.8 Å². The highest BCUT2D eigenvalue weighted by Crippen LogP contribution is 2.40. The van der Waals surface area contributed by atoms with E-state index in [-0.39, 0.29) is 0 Å². The number of carbonyl (C=O) groups is 1. The summed E-state index contributed by atoms with van der Waals surface area (Å²) in [5.74, 6) is -0.384. The van der Waals surface area contributed by atoms with Crippen LogP contribution in [-0.2, 0) is 4.79 Å². The van der Waals surface area contributed by atoms with Gasteiger partial charge in [-0.15, -0.1) is 11.3 Å². The lowest BCUT2D eigenvalue weighted by Crippen LogP contribution is -2.40. The maximum atomic E-state index is 11.5. The monoisotopic (exact) mass is 341 g/mol. The number of nitrogens with zero attached hydrogens (tertiary/aromatic N) is 2. The first-order valence-electron chi connectivity index (χ1n) is 7.62. The zero-order valence-electron chi connectivity index (χ0n) is 14.0. The van der Waals surface area contributed by atoms with Gasteiger partial charge in [0.2, 0.25) is 0 Å². The molecule has 0 spiro atoms. The molecule has 0 amide bonds. The molecule has 0 saturated heterocycles. The van der Waals surface area contributed by atoms with Crippen molar-refractivity contribution in [2.45, 2.75) is 33.2 Å². The van der Waals surface area contributed by atoms with Gasteiger partial charge in [0.05, 0.1) is 5.39 Å². The largest absolute Gasteiger partial charge is 0.480 e. The van der Waals surface area contributed by atoms with Crippen LogP contribution in [-0.4, -0.2) is 26.6 Å². The summed E-state index contributed by atoms with van der Waals surface area (Å²) in [6.07, 6.45) is 1.47. The molecule has 24 heavy (non-hydrogen) atoms. The number of hydrogen-bond acceptors (Lipinski definition) is 5. The summed E-state index contributed by atoms with van der Waals surface area (Å²) in [5.41, 5.74) is 2.20. The molecule has 2 heterocycles. The Labute approximate surface area is 144 Å². The van der Waals surface area contributed by atoms with Gasteiger partial charge in [0.15, 0.2) is 0 Å². The van der Waals surface area contributed by atoms with Crippen LogP contribution in [0.25, 0.3) is 21.3 Å². The zero-order valence-corrected chi connectivity index (χ0v) is 14.9. The molecule has 124 valence electrons. The number of aryl methyl sites for hydroxylation is 2. The molecular formula is C18H19N3O2S. The second kappa shape index (κ2) is 5.87. The SMILES string of the molecule is Cc1ccc(-c2c(C)sc3ncnc(NC(C)(C)C(=O)O)c23)cc1. The van der Waals surface area contributed by atoms with Crippen molar-refractivity contribution in [3.05, 3.63) is 41.0 Å². The normalized spacial score (nSPS) is 11.7. The molecule has 0 radical (unpaired) electrons. The van der Waals surface area contributed by atoms with E-state index in [1.54, 1.807) is 25.2 Å². The highest BCUT2D eigenvalue weighted by molar-refractivity contribution is 7.19. The van der Waals surface area contributed by atoms with Gasteiger partial charge in [-0.1, -0.05) is 29.8 Å². The molecule has 0 aliphatic rings. The fourth-order valence-corrected chi connectivity index (χ4v) is 3.57. The van der Waals surface area contributed by atoms with Gasteiger partial charge in [-0.3, -0.25) is 0 Å². The Kier molecular flexibility index (Phi) is 4.01. The third-order valence-corrected chi connectivity index (χ3v) is 4.98. The third kappa shape index (κ3) is 2.85. The number of thiophene rings is 1. The fourth-order valence-electron chi connectivity index (χ4n) is 2.56. The van der Waals surface area contributed by atoms with Crippen molar-refractivity contribution in [3.63, 3.8) is 0 Å². The van der Waals surface area contributed by atoms with Crippen LogP contribution < -0.4 is 5.32 Å². The van der Waals surface area contributed by atoms with Crippen LogP contribution in [0.3, 0.4) is 0 Å². The van der Waals surface area contributed by atoms with Crippen molar-refractivity contribution in [1.29, 1.82) is 0 Å². The lowest BCUT2D eigenvalue weighted by atomic mass is 10.0. The Bertz CT molecular complexity index is 914. The molecule has 0 fully saturated rings. The van der Waals surface area contributed by atoms with Crippen molar-refractivity contribution < 1.29 is 9.90 Å². The van der Waals surface area contributed by atoms with Crippen LogP contribution in [0.1, 0.15) is 24.3 Å². The van der Waals surface area contributed by atoms with Crippen molar-refractivity contribution in [1.82, 2.24) is 9.97 Å². The van der Waals surface area contributed by atoms with Gasteiger partial charge in [-0.25, -0.2) is 14.8 Å². The summed E-state index contributed by atoms with van der Waals surface area (Å²) >= 11 is 1.59. The molecular weight excluding hydrogens is 322 g/mol. The smallest absolute Gasteiger partial charge is 0.328 e. The Hall–Kier alpha value is -2.47. The Balaban J connectivity index is 2.22. The second-order valence-corrected chi connectivity index (χ2v) is 7.56. The van der Waals surface area contributed by atoms with Crippen molar-refractivity contribution >= 4 is 33.3 Å². The van der Waals surface area contributed by atoms with E-state index < -0.39 is 11.5 Å². The molecule has 0 aliphatic carbocycles. The van der Waals surface area contributed by atoms with E-state index in [1.165, 1.54) is 11.9 Å². The molecule has 0 aliphatic heterocycles. The van der Waals surface area contributed by atoms with Crippen LogP contribution >= 0.6 is 11.3 Å². The lowest BCUT2D eigenvalue weighted by Gasteiger charge is -2.22. The first kappa shape index (κ1) is 16.4. The number of aromatic nitrogens is 2. The molecule has 2 aromatic heterocycles. The second-order valence-electron chi connectivity index (χ2n) is 6.36. The minimum absolute atomic E-state index is 0.548. The summed E-state index contributed by atoms with van der Waals surface area (Å²) in [7, 11) is 0. The molecule has 0 bridgehead atoms. The first-order chi connectivity index (χ1) is 11.3. The predicted molar refractivity (Wildman–Crippen MR) is 97.7 cm³/mol. The molecule has 6 heteroatoms. The standard InChI is InChI=1S/C18H19N3O2S/c1-10-5-7-12(8-6-10)13-11(2)24-16-14(13)15(19-9-20-16)21-18(3,4)17(22)23/h5-9H,1-4H3,(H,22,23)(H,19,20,21). The number of anilines is 1. The highest BCUT2D eigenvalue weighted by atomic mass is 32.1. The van der Waals surface area contributed by atoms with Gasteiger partial charge in [0.25, 0.3) is 0 Å². The number of rotatable bonds is 4. The average molecular weight is 341 g/mol. The number of carboxylic acids is 1. The summed E-state index contributed by atoms with van der Waals surface area (Å²) < 4.78 is 0.